The molecular formula is C24H27N5O5. The van der Waals surface area contributed by atoms with Crippen LogP contribution in [0.1, 0.15) is 45.1 Å². The molecule has 3 aromatic rings. The Morgan fingerprint density at radius 2 is 2.00 bits per heavy atom. The van der Waals surface area contributed by atoms with Gasteiger partial charge < -0.3 is 34.5 Å². The lowest BCUT2D eigenvalue weighted by molar-refractivity contribution is -0.216. The van der Waals surface area contributed by atoms with Crippen molar-refractivity contribution >= 4 is 22.7 Å². The molecule has 0 bridgehead atoms. The number of ether oxygens (including phenoxy) is 2. The molecule has 3 aliphatic rings. The minimum atomic E-state index is -0.530. The molecule has 2 amide bonds. The van der Waals surface area contributed by atoms with E-state index >= 15 is 0 Å². The van der Waals surface area contributed by atoms with Gasteiger partial charge in [-0.05, 0) is 25.0 Å². The Morgan fingerprint density at radius 1 is 1.24 bits per heavy atom. The molecule has 178 valence electrons. The molecule has 0 atom stereocenters. The van der Waals surface area contributed by atoms with Crippen molar-refractivity contribution in [2.45, 2.75) is 43.7 Å². The van der Waals surface area contributed by atoms with Crippen LogP contribution in [-0.4, -0.2) is 76.4 Å². The maximum absolute atomic E-state index is 13.5. The summed E-state index contributed by atoms with van der Waals surface area (Å²) in [5.41, 5.74) is 7.67. The van der Waals surface area contributed by atoms with Gasteiger partial charge in [0.05, 0.1) is 31.3 Å². The first-order valence-corrected chi connectivity index (χ1v) is 11.6. The largest absolute Gasteiger partial charge is 0.360 e. The molecule has 0 spiro atoms. The quantitative estimate of drug-likeness (QED) is 0.600. The Balaban J connectivity index is 1.21. The molecule has 10 heteroatoms. The maximum Gasteiger partial charge on any atom is 0.276 e. The minimum Gasteiger partial charge on any atom is -0.360 e. The number of nitrogens with one attached hydrogen (secondary N) is 1. The van der Waals surface area contributed by atoms with E-state index in [9.17, 15) is 9.59 Å². The molecule has 1 saturated heterocycles. The zero-order chi connectivity index (χ0) is 23.4. The first-order chi connectivity index (χ1) is 16.5. The second kappa shape index (κ2) is 7.93. The molecule has 2 aliphatic heterocycles. The summed E-state index contributed by atoms with van der Waals surface area (Å²) in [6.45, 7) is 1.56. The van der Waals surface area contributed by atoms with E-state index in [1.807, 2.05) is 30.3 Å². The van der Waals surface area contributed by atoms with Crippen molar-refractivity contribution in [2.75, 3.05) is 26.8 Å². The maximum atomic E-state index is 13.5. The third-order valence-electron chi connectivity index (χ3n) is 7.17. The van der Waals surface area contributed by atoms with Gasteiger partial charge in [-0.25, -0.2) is 0 Å². The summed E-state index contributed by atoms with van der Waals surface area (Å²) in [6.07, 6.45) is 1.55. The number of hydrogen-bond acceptors (Lipinski definition) is 7. The summed E-state index contributed by atoms with van der Waals surface area (Å²) >= 11 is 0. The number of nitrogens with two attached hydrogens (primary N) is 1. The first-order valence-electron chi connectivity index (χ1n) is 11.6. The van der Waals surface area contributed by atoms with Gasteiger partial charge >= 0.3 is 0 Å². The topological polar surface area (TPSA) is 127 Å². The number of carbonyl (C=O) groups excluding carboxylic acids is 2. The van der Waals surface area contributed by atoms with Crippen LogP contribution in [0.3, 0.4) is 0 Å². The van der Waals surface area contributed by atoms with Gasteiger partial charge in [0.25, 0.3) is 11.8 Å². The molecule has 4 heterocycles. The number of amides is 2. The number of aromatic nitrogens is 2. The SMILES string of the molecule is CN(C(=O)c1noc2c1CN(C(=O)c1cc3ccccc3[nH]1)CC2)C1([C@H]2OC[C@H](N)CO2)CC1. The Morgan fingerprint density at radius 3 is 2.74 bits per heavy atom. The third kappa shape index (κ3) is 3.41. The summed E-state index contributed by atoms with van der Waals surface area (Å²) in [4.78, 5) is 33.3. The fraction of sp³-hybridized carbons (Fsp3) is 0.458. The zero-order valence-corrected chi connectivity index (χ0v) is 19.0. The summed E-state index contributed by atoms with van der Waals surface area (Å²) in [5, 5.41) is 5.09. The Kier molecular flexibility index (Phi) is 4.98. The Bertz CT molecular complexity index is 1220. The van der Waals surface area contributed by atoms with Gasteiger partial charge in [-0.3, -0.25) is 9.59 Å². The summed E-state index contributed by atoms with van der Waals surface area (Å²) in [7, 11) is 1.74. The summed E-state index contributed by atoms with van der Waals surface area (Å²) < 4.78 is 17.1. The van der Waals surface area contributed by atoms with Crippen LogP contribution in [0.4, 0.5) is 0 Å². The Hall–Kier alpha value is -3.21. The second-order valence-corrected chi connectivity index (χ2v) is 9.41. The highest BCUT2D eigenvalue weighted by molar-refractivity contribution is 5.99. The van der Waals surface area contributed by atoms with Crippen molar-refractivity contribution in [3.63, 3.8) is 0 Å². The molecule has 2 fully saturated rings. The van der Waals surface area contributed by atoms with E-state index in [2.05, 4.69) is 10.1 Å². The molecular weight excluding hydrogens is 438 g/mol. The first kappa shape index (κ1) is 21.3. The predicted molar refractivity (Wildman–Crippen MR) is 121 cm³/mol. The normalized spacial score (nSPS) is 23.5. The van der Waals surface area contributed by atoms with Gasteiger partial charge in [-0.15, -0.1) is 0 Å². The van der Waals surface area contributed by atoms with Crippen LogP contribution in [0.25, 0.3) is 10.9 Å². The Labute approximate surface area is 195 Å². The molecule has 3 N–H and O–H groups in total. The van der Waals surface area contributed by atoms with Gasteiger partial charge in [0.1, 0.15) is 11.5 Å². The van der Waals surface area contributed by atoms with E-state index in [4.69, 9.17) is 19.7 Å². The number of likely N-dealkylation sites (N-methyl/N-ethyl adjacent to an activating group) is 1. The number of rotatable bonds is 4. The van der Waals surface area contributed by atoms with E-state index in [0.29, 0.717) is 43.2 Å². The average Bonchev–Trinajstić information content (AvgIpc) is 3.37. The lowest BCUT2D eigenvalue weighted by Crippen LogP contribution is -2.54. The van der Waals surface area contributed by atoms with Crippen molar-refractivity contribution in [2.24, 2.45) is 5.73 Å². The van der Waals surface area contributed by atoms with Gasteiger partial charge in [-0.1, -0.05) is 23.4 Å². The molecule has 1 aliphatic carbocycles. The van der Waals surface area contributed by atoms with Crippen molar-refractivity contribution in [3.8, 4) is 0 Å². The summed E-state index contributed by atoms with van der Waals surface area (Å²) in [5.74, 6) is 0.275. The van der Waals surface area contributed by atoms with Gasteiger partial charge in [0.2, 0.25) is 0 Å². The number of nitrogens with zero attached hydrogens (tertiary/aromatic N) is 3. The lowest BCUT2D eigenvalue weighted by Gasteiger charge is -2.38. The molecule has 34 heavy (non-hydrogen) atoms. The third-order valence-corrected chi connectivity index (χ3v) is 7.17. The molecule has 0 unspecified atom stereocenters. The van der Waals surface area contributed by atoms with Crippen molar-refractivity contribution in [1.82, 2.24) is 19.9 Å². The second-order valence-electron chi connectivity index (χ2n) is 9.41. The van der Waals surface area contributed by atoms with Crippen LogP contribution in [0, 0.1) is 0 Å². The zero-order valence-electron chi connectivity index (χ0n) is 19.0. The van der Waals surface area contributed by atoms with Crippen molar-refractivity contribution in [1.29, 1.82) is 0 Å². The molecule has 6 rings (SSSR count). The number of carbonyl (C=O) groups is 2. The van der Waals surface area contributed by atoms with Crippen LogP contribution in [-0.2, 0) is 22.4 Å². The highest BCUT2D eigenvalue weighted by atomic mass is 16.7. The van der Waals surface area contributed by atoms with E-state index in [0.717, 1.165) is 23.7 Å². The highest BCUT2D eigenvalue weighted by Crippen LogP contribution is 2.47. The van der Waals surface area contributed by atoms with Crippen LogP contribution < -0.4 is 5.73 Å². The molecule has 0 radical (unpaired) electrons. The van der Waals surface area contributed by atoms with Crippen LogP contribution >= 0.6 is 0 Å². The predicted octanol–water partition coefficient (Wildman–Crippen LogP) is 1.66. The number of benzene rings is 1. The number of aromatic amines is 1. The standard InChI is InChI=1S/C24H27N5O5/c1-28(24(7-8-24)23-32-12-15(25)13-33-23)22(31)20-16-11-29(9-6-19(16)34-27-20)21(30)18-10-14-4-2-3-5-17(14)26-18/h2-5,10,15,23,26H,6-9,11-13,25H2,1H3/t15-,23-. The molecule has 1 aromatic carbocycles. The number of para-hydroxylation sites is 1. The number of fused-ring (bicyclic) bond motifs is 2. The fourth-order valence-corrected chi connectivity index (χ4v) is 4.96. The summed E-state index contributed by atoms with van der Waals surface area (Å²) in [6, 6.07) is 9.47. The smallest absolute Gasteiger partial charge is 0.276 e. The van der Waals surface area contributed by atoms with Crippen LogP contribution in [0.15, 0.2) is 34.9 Å². The molecule has 1 saturated carbocycles. The highest BCUT2D eigenvalue weighted by Gasteiger charge is 2.57. The van der Waals surface area contributed by atoms with Crippen LogP contribution in [0.2, 0.25) is 0 Å². The van der Waals surface area contributed by atoms with Gasteiger partial charge in [-0.2, -0.15) is 0 Å². The molecule has 2 aromatic heterocycles. The fourth-order valence-electron chi connectivity index (χ4n) is 4.96. The van der Waals surface area contributed by atoms with E-state index in [-0.39, 0.29) is 30.1 Å². The molecule has 10 nitrogen and oxygen atoms in total. The van der Waals surface area contributed by atoms with Gasteiger partial charge in [0, 0.05) is 36.5 Å². The van der Waals surface area contributed by atoms with E-state index in [1.165, 1.54) is 0 Å². The van der Waals surface area contributed by atoms with Crippen molar-refractivity contribution in [3.05, 3.63) is 53.0 Å². The van der Waals surface area contributed by atoms with Crippen molar-refractivity contribution < 1.29 is 23.6 Å². The number of hydrogen-bond donors (Lipinski definition) is 2. The van der Waals surface area contributed by atoms with E-state index in [1.54, 1.807) is 16.8 Å². The number of H-pyrrole nitrogens is 1. The van der Waals surface area contributed by atoms with Gasteiger partial charge in [0.15, 0.2) is 12.0 Å². The van der Waals surface area contributed by atoms with E-state index < -0.39 is 11.8 Å². The van der Waals surface area contributed by atoms with Crippen LogP contribution in [0.5, 0.6) is 0 Å². The monoisotopic (exact) mass is 465 g/mol. The average molecular weight is 466 g/mol. The lowest BCUT2D eigenvalue weighted by atomic mass is 10.0. The minimum absolute atomic E-state index is 0.117.